The molecule has 4 heteroatoms. The lowest BCUT2D eigenvalue weighted by Crippen LogP contribution is -1.87. The Bertz CT molecular complexity index is 977. The Morgan fingerprint density at radius 1 is 0.875 bits per heavy atom. The zero-order valence-corrected chi connectivity index (χ0v) is 13.3. The van der Waals surface area contributed by atoms with E-state index >= 15 is 0 Å². The highest BCUT2D eigenvalue weighted by molar-refractivity contribution is 5.87. The van der Waals surface area contributed by atoms with Crippen LogP contribution >= 0.6 is 0 Å². The van der Waals surface area contributed by atoms with Gasteiger partial charge in [-0.25, -0.2) is 0 Å². The van der Waals surface area contributed by atoms with Gasteiger partial charge in [0.15, 0.2) is 0 Å². The van der Waals surface area contributed by atoms with E-state index in [9.17, 15) is 0 Å². The number of benzene rings is 3. The molecule has 118 valence electrons. The third-order valence-corrected chi connectivity index (χ3v) is 3.96. The summed E-state index contributed by atoms with van der Waals surface area (Å²) in [7, 11) is 1.67. The van der Waals surface area contributed by atoms with Crippen molar-refractivity contribution >= 4 is 10.8 Å². The second kappa shape index (κ2) is 6.16. The van der Waals surface area contributed by atoms with E-state index in [2.05, 4.69) is 16.3 Å². The Kier molecular flexibility index (Phi) is 3.71. The Morgan fingerprint density at radius 3 is 2.50 bits per heavy atom. The summed E-state index contributed by atoms with van der Waals surface area (Å²) >= 11 is 0. The number of fused-ring (bicyclic) bond motifs is 1. The SMILES string of the molecule is COc1ccc2cc(-c3nnc(Cc4ccccc4)o3)ccc2c1. The second-order valence-electron chi connectivity index (χ2n) is 5.59. The monoisotopic (exact) mass is 316 g/mol. The molecule has 0 N–H and O–H groups in total. The Morgan fingerprint density at radius 2 is 1.67 bits per heavy atom. The van der Waals surface area contributed by atoms with Crippen LogP contribution in [0, 0.1) is 0 Å². The van der Waals surface area contributed by atoms with E-state index in [1.165, 1.54) is 0 Å². The van der Waals surface area contributed by atoms with Gasteiger partial charge in [0.1, 0.15) is 5.75 Å². The molecule has 0 radical (unpaired) electrons. The van der Waals surface area contributed by atoms with Crippen molar-refractivity contribution in [1.29, 1.82) is 0 Å². The van der Waals surface area contributed by atoms with Gasteiger partial charge in [-0.15, -0.1) is 10.2 Å². The fourth-order valence-electron chi connectivity index (χ4n) is 2.70. The van der Waals surface area contributed by atoms with Crippen molar-refractivity contribution in [2.24, 2.45) is 0 Å². The predicted octanol–water partition coefficient (Wildman–Crippen LogP) is 4.49. The quantitative estimate of drug-likeness (QED) is 0.556. The first-order chi connectivity index (χ1) is 11.8. The third kappa shape index (κ3) is 2.86. The minimum atomic E-state index is 0.540. The molecule has 1 aromatic heterocycles. The van der Waals surface area contributed by atoms with Crippen molar-refractivity contribution in [2.75, 3.05) is 7.11 Å². The van der Waals surface area contributed by atoms with Gasteiger partial charge >= 0.3 is 0 Å². The van der Waals surface area contributed by atoms with Crippen LogP contribution in [-0.2, 0) is 6.42 Å². The normalized spacial score (nSPS) is 10.9. The molecule has 0 atom stereocenters. The zero-order valence-electron chi connectivity index (χ0n) is 13.3. The van der Waals surface area contributed by atoms with Crippen molar-refractivity contribution in [1.82, 2.24) is 10.2 Å². The number of ether oxygens (including phenoxy) is 1. The summed E-state index contributed by atoms with van der Waals surface area (Å²) in [5.74, 6) is 2.00. The fourth-order valence-corrected chi connectivity index (χ4v) is 2.70. The summed E-state index contributed by atoms with van der Waals surface area (Å²) < 4.78 is 11.1. The van der Waals surface area contributed by atoms with Gasteiger partial charge in [0.05, 0.1) is 13.5 Å². The van der Waals surface area contributed by atoms with E-state index in [0.29, 0.717) is 18.2 Å². The van der Waals surface area contributed by atoms with Gasteiger partial charge in [-0.2, -0.15) is 0 Å². The maximum atomic E-state index is 5.82. The minimum Gasteiger partial charge on any atom is -0.497 e. The van der Waals surface area contributed by atoms with Crippen molar-refractivity contribution in [3.05, 3.63) is 78.2 Å². The molecular weight excluding hydrogens is 300 g/mol. The summed E-state index contributed by atoms with van der Waals surface area (Å²) in [5, 5.41) is 10.6. The Labute approximate surface area is 139 Å². The summed E-state index contributed by atoms with van der Waals surface area (Å²) in [5.41, 5.74) is 2.07. The fraction of sp³-hybridized carbons (Fsp3) is 0.100. The van der Waals surface area contributed by atoms with Crippen LogP contribution in [0.15, 0.2) is 71.1 Å². The lowest BCUT2D eigenvalue weighted by atomic mass is 10.1. The molecule has 4 rings (SSSR count). The number of aromatic nitrogens is 2. The molecular formula is C20H16N2O2. The summed E-state index contributed by atoms with van der Waals surface area (Å²) in [6.07, 6.45) is 0.638. The van der Waals surface area contributed by atoms with E-state index in [0.717, 1.165) is 27.6 Å². The molecule has 0 unspecified atom stereocenters. The number of rotatable bonds is 4. The lowest BCUT2D eigenvalue weighted by molar-refractivity contribution is 0.415. The van der Waals surface area contributed by atoms with Crippen molar-refractivity contribution < 1.29 is 9.15 Å². The van der Waals surface area contributed by atoms with Crippen molar-refractivity contribution in [2.45, 2.75) is 6.42 Å². The molecule has 0 aliphatic heterocycles. The topological polar surface area (TPSA) is 48.2 Å². The van der Waals surface area contributed by atoms with Crippen LogP contribution in [0.4, 0.5) is 0 Å². The van der Waals surface area contributed by atoms with Crippen molar-refractivity contribution in [3.63, 3.8) is 0 Å². The van der Waals surface area contributed by atoms with Gasteiger partial charge in [0.2, 0.25) is 11.8 Å². The van der Waals surface area contributed by atoms with Crippen LogP contribution in [0.3, 0.4) is 0 Å². The molecule has 1 heterocycles. The average Bonchev–Trinajstić information content (AvgIpc) is 3.10. The standard InChI is InChI=1S/C20H16N2O2/c1-23-18-10-9-15-12-17(8-7-16(15)13-18)20-22-21-19(24-20)11-14-5-3-2-4-6-14/h2-10,12-13H,11H2,1H3. The Hall–Kier alpha value is -3.14. The maximum absolute atomic E-state index is 5.82. The average molecular weight is 316 g/mol. The molecule has 4 nitrogen and oxygen atoms in total. The third-order valence-electron chi connectivity index (χ3n) is 3.96. The molecule has 0 fully saturated rings. The van der Waals surface area contributed by atoms with E-state index < -0.39 is 0 Å². The summed E-state index contributed by atoms with van der Waals surface area (Å²) in [6.45, 7) is 0. The maximum Gasteiger partial charge on any atom is 0.247 e. The largest absolute Gasteiger partial charge is 0.497 e. The molecule has 0 aliphatic carbocycles. The van der Waals surface area contributed by atoms with Gasteiger partial charge < -0.3 is 9.15 Å². The van der Waals surface area contributed by atoms with Crippen LogP contribution in [0.2, 0.25) is 0 Å². The highest BCUT2D eigenvalue weighted by atomic mass is 16.5. The first kappa shape index (κ1) is 14.5. The second-order valence-corrected chi connectivity index (χ2v) is 5.59. The first-order valence-electron chi connectivity index (χ1n) is 7.76. The van der Waals surface area contributed by atoms with E-state index in [1.54, 1.807) is 7.11 Å². The number of methoxy groups -OCH3 is 1. The highest BCUT2D eigenvalue weighted by Crippen LogP contribution is 2.26. The van der Waals surface area contributed by atoms with Crippen molar-refractivity contribution in [3.8, 4) is 17.2 Å². The first-order valence-corrected chi connectivity index (χ1v) is 7.76. The number of hydrogen-bond donors (Lipinski definition) is 0. The summed E-state index contributed by atoms with van der Waals surface area (Å²) in [6, 6.07) is 22.2. The van der Waals surface area contributed by atoms with E-state index in [1.807, 2.05) is 60.7 Å². The molecule has 0 saturated heterocycles. The van der Waals surface area contributed by atoms with Crippen LogP contribution in [0.25, 0.3) is 22.2 Å². The van der Waals surface area contributed by atoms with Gasteiger partial charge in [0, 0.05) is 5.56 Å². The summed E-state index contributed by atoms with van der Waals surface area (Å²) in [4.78, 5) is 0. The van der Waals surface area contributed by atoms with Gasteiger partial charge in [-0.1, -0.05) is 42.5 Å². The molecule has 0 amide bonds. The zero-order chi connectivity index (χ0) is 16.4. The molecule has 0 spiro atoms. The molecule has 4 aromatic rings. The van der Waals surface area contributed by atoms with Crippen LogP contribution in [-0.4, -0.2) is 17.3 Å². The van der Waals surface area contributed by atoms with Crippen LogP contribution < -0.4 is 4.74 Å². The highest BCUT2D eigenvalue weighted by Gasteiger charge is 2.10. The number of nitrogens with zero attached hydrogens (tertiary/aromatic N) is 2. The minimum absolute atomic E-state index is 0.540. The van der Waals surface area contributed by atoms with Gasteiger partial charge in [-0.05, 0) is 40.6 Å². The molecule has 24 heavy (non-hydrogen) atoms. The lowest BCUT2D eigenvalue weighted by Gasteiger charge is -2.03. The Balaban J connectivity index is 1.63. The molecule has 0 aliphatic rings. The van der Waals surface area contributed by atoms with Crippen LogP contribution in [0.5, 0.6) is 5.75 Å². The molecule has 0 bridgehead atoms. The number of hydrogen-bond acceptors (Lipinski definition) is 4. The predicted molar refractivity (Wildman–Crippen MR) is 93.0 cm³/mol. The smallest absolute Gasteiger partial charge is 0.247 e. The van der Waals surface area contributed by atoms with E-state index in [4.69, 9.17) is 9.15 Å². The van der Waals surface area contributed by atoms with Gasteiger partial charge in [-0.3, -0.25) is 0 Å². The molecule has 3 aromatic carbocycles. The van der Waals surface area contributed by atoms with Crippen LogP contribution in [0.1, 0.15) is 11.5 Å². The molecule has 0 saturated carbocycles. The van der Waals surface area contributed by atoms with E-state index in [-0.39, 0.29) is 0 Å². The van der Waals surface area contributed by atoms with Gasteiger partial charge in [0.25, 0.3) is 0 Å².